The third-order valence-corrected chi connectivity index (χ3v) is 6.96. The number of carbonyl (C=O) groups excluding carboxylic acids is 2. The van der Waals surface area contributed by atoms with Crippen LogP contribution in [0.5, 0.6) is 0 Å². The minimum Gasteiger partial charge on any atom is -0.356 e. The number of hydrogen-bond donors (Lipinski definition) is 3. The molecule has 0 spiro atoms. The number of rotatable bonds is 8. The van der Waals surface area contributed by atoms with Crippen LogP contribution in [0.2, 0.25) is 0 Å². The molecule has 3 heterocycles. The first kappa shape index (κ1) is 24.6. The molecule has 8 nitrogen and oxygen atoms in total. The summed E-state index contributed by atoms with van der Waals surface area (Å²) < 4.78 is 0. The lowest BCUT2D eigenvalue weighted by Crippen LogP contribution is -2.52. The van der Waals surface area contributed by atoms with Gasteiger partial charge < -0.3 is 10.6 Å². The molecule has 2 aromatic heterocycles. The Labute approximate surface area is 216 Å². The van der Waals surface area contributed by atoms with Crippen LogP contribution in [0.3, 0.4) is 0 Å². The minimum atomic E-state index is -0.101. The van der Waals surface area contributed by atoms with Crippen molar-refractivity contribution in [3.05, 3.63) is 84.2 Å². The van der Waals surface area contributed by atoms with Gasteiger partial charge in [0.05, 0.1) is 5.52 Å². The van der Waals surface area contributed by atoms with Crippen molar-refractivity contribution in [2.24, 2.45) is 0 Å². The number of amides is 2. The number of hydrogen-bond acceptors (Lipinski definition) is 5. The number of fused-ring (bicyclic) bond motifs is 1. The Kier molecular flexibility index (Phi) is 7.56. The zero-order valence-corrected chi connectivity index (χ0v) is 21.0. The van der Waals surface area contributed by atoms with Gasteiger partial charge in [0.25, 0.3) is 5.91 Å². The fourth-order valence-corrected chi connectivity index (χ4v) is 5.10. The third kappa shape index (κ3) is 5.86. The number of pyridine rings is 1. The molecule has 1 aliphatic rings. The second-order valence-corrected chi connectivity index (χ2v) is 9.54. The van der Waals surface area contributed by atoms with Crippen molar-refractivity contribution in [1.82, 2.24) is 30.7 Å². The van der Waals surface area contributed by atoms with Crippen LogP contribution in [0.4, 0.5) is 0 Å². The number of piperidine rings is 1. The standard InChI is InChI=1S/C29H32N6O2/c1-2-31-27(36)17-24-10-9-23(19-35(24)18-20-6-4-3-5-7-20)32-29(37)22-8-11-26-25(16-22)28(34-33-26)21-12-14-30-15-13-21/h3-8,11-16,23-24H,2,9-10,17-19H2,1H3,(H,31,36)(H,32,37)(H,33,34)/t23-,24+/m1/s1. The lowest BCUT2D eigenvalue weighted by molar-refractivity contribution is -0.122. The Balaban J connectivity index is 1.31. The van der Waals surface area contributed by atoms with Crippen molar-refractivity contribution in [1.29, 1.82) is 0 Å². The molecule has 2 amide bonds. The Morgan fingerprint density at radius 3 is 2.65 bits per heavy atom. The zero-order chi connectivity index (χ0) is 25.6. The van der Waals surface area contributed by atoms with Gasteiger partial charge in [0, 0.05) is 67.0 Å². The van der Waals surface area contributed by atoms with Gasteiger partial charge in [0.1, 0.15) is 5.69 Å². The number of H-pyrrole nitrogens is 1. The molecule has 1 saturated heterocycles. The first-order chi connectivity index (χ1) is 18.1. The summed E-state index contributed by atoms with van der Waals surface area (Å²) in [6.07, 6.45) is 5.61. The highest BCUT2D eigenvalue weighted by Crippen LogP contribution is 2.27. The van der Waals surface area contributed by atoms with Crippen LogP contribution in [0.15, 0.2) is 73.1 Å². The van der Waals surface area contributed by atoms with Gasteiger partial charge in [-0.3, -0.25) is 24.6 Å². The van der Waals surface area contributed by atoms with Crippen molar-refractivity contribution >= 4 is 22.7 Å². The van der Waals surface area contributed by atoms with E-state index in [2.05, 4.69) is 42.8 Å². The maximum atomic E-state index is 13.3. The average Bonchev–Trinajstić information content (AvgIpc) is 3.35. The molecule has 1 fully saturated rings. The molecule has 5 rings (SSSR count). The highest BCUT2D eigenvalue weighted by molar-refractivity contribution is 6.01. The lowest BCUT2D eigenvalue weighted by atomic mass is 9.94. The topological polar surface area (TPSA) is 103 Å². The van der Waals surface area contributed by atoms with Gasteiger partial charge in [-0.2, -0.15) is 5.10 Å². The third-order valence-electron chi connectivity index (χ3n) is 6.96. The van der Waals surface area contributed by atoms with E-state index in [1.807, 2.05) is 55.5 Å². The van der Waals surface area contributed by atoms with E-state index in [-0.39, 0.29) is 23.9 Å². The molecule has 37 heavy (non-hydrogen) atoms. The van der Waals surface area contributed by atoms with Crippen LogP contribution in [0.1, 0.15) is 42.1 Å². The van der Waals surface area contributed by atoms with Crippen molar-refractivity contribution < 1.29 is 9.59 Å². The highest BCUT2D eigenvalue weighted by atomic mass is 16.2. The highest BCUT2D eigenvalue weighted by Gasteiger charge is 2.30. The smallest absolute Gasteiger partial charge is 0.251 e. The first-order valence-electron chi connectivity index (χ1n) is 12.8. The van der Waals surface area contributed by atoms with E-state index in [9.17, 15) is 9.59 Å². The number of aromatic nitrogens is 3. The summed E-state index contributed by atoms with van der Waals surface area (Å²) in [5.41, 5.74) is 4.42. The Bertz CT molecular complexity index is 1350. The summed E-state index contributed by atoms with van der Waals surface area (Å²) in [6, 6.07) is 19.8. The lowest BCUT2D eigenvalue weighted by Gasteiger charge is -2.39. The molecular formula is C29H32N6O2. The SMILES string of the molecule is CCNC(=O)C[C@@H]1CC[C@@H](NC(=O)c2ccc3[nH]nc(-c4ccncc4)c3c2)CN1Cc1ccccc1. The number of benzene rings is 2. The van der Waals surface area contributed by atoms with E-state index < -0.39 is 0 Å². The van der Waals surface area contributed by atoms with Gasteiger partial charge in [0.2, 0.25) is 5.91 Å². The van der Waals surface area contributed by atoms with Crippen LogP contribution in [0.25, 0.3) is 22.2 Å². The summed E-state index contributed by atoms with van der Waals surface area (Å²) in [7, 11) is 0. The average molecular weight is 497 g/mol. The van der Waals surface area contributed by atoms with E-state index in [1.54, 1.807) is 12.4 Å². The molecular weight excluding hydrogens is 464 g/mol. The van der Waals surface area contributed by atoms with E-state index in [1.165, 1.54) is 5.56 Å². The summed E-state index contributed by atoms with van der Waals surface area (Å²) in [5, 5.41) is 14.6. The summed E-state index contributed by atoms with van der Waals surface area (Å²) in [5.74, 6) is -0.0259. The van der Waals surface area contributed by atoms with Gasteiger partial charge in [-0.25, -0.2) is 0 Å². The summed E-state index contributed by atoms with van der Waals surface area (Å²) >= 11 is 0. The minimum absolute atomic E-state index is 0.00131. The van der Waals surface area contributed by atoms with Crippen LogP contribution in [-0.2, 0) is 11.3 Å². The molecule has 3 N–H and O–H groups in total. The molecule has 1 aliphatic heterocycles. The zero-order valence-electron chi connectivity index (χ0n) is 21.0. The monoisotopic (exact) mass is 496 g/mol. The normalized spacial score (nSPS) is 18.0. The molecule has 2 aromatic carbocycles. The fourth-order valence-electron chi connectivity index (χ4n) is 5.10. The van der Waals surface area contributed by atoms with Crippen LogP contribution < -0.4 is 10.6 Å². The van der Waals surface area contributed by atoms with Gasteiger partial charge in [-0.05, 0) is 55.7 Å². The van der Waals surface area contributed by atoms with Crippen LogP contribution in [-0.4, -0.2) is 57.1 Å². The van der Waals surface area contributed by atoms with Crippen molar-refractivity contribution in [3.8, 4) is 11.3 Å². The summed E-state index contributed by atoms with van der Waals surface area (Å²) in [6.45, 7) is 4.01. The molecule has 190 valence electrons. The molecule has 0 aliphatic carbocycles. The van der Waals surface area contributed by atoms with E-state index in [4.69, 9.17) is 0 Å². The van der Waals surface area contributed by atoms with Crippen molar-refractivity contribution in [3.63, 3.8) is 0 Å². The van der Waals surface area contributed by atoms with Crippen molar-refractivity contribution in [2.45, 2.75) is 44.8 Å². The van der Waals surface area contributed by atoms with Crippen molar-refractivity contribution in [2.75, 3.05) is 13.1 Å². The van der Waals surface area contributed by atoms with Gasteiger partial charge in [-0.1, -0.05) is 30.3 Å². The number of aromatic amines is 1. The first-order valence-corrected chi connectivity index (χ1v) is 12.8. The molecule has 0 radical (unpaired) electrons. The largest absolute Gasteiger partial charge is 0.356 e. The maximum Gasteiger partial charge on any atom is 0.251 e. The predicted molar refractivity (Wildman–Crippen MR) is 144 cm³/mol. The summed E-state index contributed by atoms with van der Waals surface area (Å²) in [4.78, 5) is 32.1. The molecule has 0 bridgehead atoms. The number of nitrogens with zero attached hydrogens (tertiary/aromatic N) is 3. The van der Waals surface area contributed by atoms with E-state index in [0.29, 0.717) is 25.1 Å². The molecule has 4 aromatic rings. The fraction of sp³-hybridized carbons (Fsp3) is 0.310. The Morgan fingerprint density at radius 2 is 1.86 bits per heavy atom. The number of nitrogens with one attached hydrogen (secondary N) is 3. The molecule has 0 unspecified atom stereocenters. The second kappa shape index (κ2) is 11.3. The van der Waals surface area contributed by atoms with E-state index >= 15 is 0 Å². The van der Waals surface area contributed by atoms with Crippen LogP contribution >= 0.6 is 0 Å². The Hall–Kier alpha value is -4.04. The Morgan fingerprint density at radius 1 is 1.05 bits per heavy atom. The molecule has 2 atom stereocenters. The number of carbonyl (C=O) groups is 2. The second-order valence-electron chi connectivity index (χ2n) is 9.54. The van der Waals surface area contributed by atoms with Crippen LogP contribution in [0, 0.1) is 0 Å². The van der Waals surface area contributed by atoms with E-state index in [0.717, 1.165) is 41.5 Å². The predicted octanol–water partition coefficient (Wildman–Crippen LogP) is 3.91. The van der Waals surface area contributed by atoms with Gasteiger partial charge in [0.15, 0.2) is 0 Å². The van der Waals surface area contributed by atoms with Gasteiger partial charge in [-0.15, -0.1) is 0 Å². The molecule has 0 saturated carbocycles. The maximum absolute atomic E-state index is 13.3. The molecule has 8 heteroatoms. The van der Waals surface area contributed by atoms with Gasteiger partial charge >= 0.3 is 0 Å². The quantitative estimate of drug-likeness (QED) is 0.343. The number of likely N-dealkylation sites (tertiary alicyclic amines) is 1.